The highest BCUT2D eigenvalue weighted by Gasteiger charge is 2.21. The first-order valence-electron chi connectivity index (χ1n) is 8.38. The molecule has 0 saturated carbocycles. The van der Waals surface area contributed by atoms with E-state index in [9.17, 15) is 10.1 Å². The Balaban J connectivity index is 1.54. The van der Waals surface area contributed by atoms with E-state index >= 15 is 0 Å². The molecule has 26 heavy (non-hydrogen) atoms. The molecular weight excluding hydrogens is 330 g/mol. The Kier molecular flexibility index (Phi) is 3.97. The lowest BCUT2D eigenvalue weighted by atomic mass is 10.1. The number of hydrogen-bond acceptors (Lipinski definition) is 7. The minimum Gasteiger partial charge on any atom is -0.367 e. The predicted octanol–water partition coefficient (Wildman–Crippen LogP) is 1.53. The lowest BCUT2D eigenvalue weighted by molar-refractivity contribution is 0.101. The number of fused-ring (bicyclic) bond motifs is 1. The Morgan fingerprint density at radius 1 is 1.12 bits per heavy atom. The van der Waals surface area contributed by atoms with Gasteiger partial charge in [-0.05, 0) is 37.3 Å². The molecule has 0 amide bonds. The largest absolute Gasteiger partial charge is 0.367 e. The second-order valence-corrected chi connectivity index (χ2v) is 6.20. The van der Waals surface area contributed by atoms with E-state index in [4.69, 9.17) is 0 Å². The van der Waals surface area contributed by atoms with Crippen molar-refractivity contribution in [1.82, 2.24) is 19.8 Å². The van der Waals surface area contributed by atoms with E-state index in [1.165, 1.54) is 6.92 Å². The molecule has 1 aromatic carbocycles. The molecule has 0 unspecified atom stereocenters. The second-order valence-electron chi connectivity index (χ2n) is 6.20. The lowest BCUT2D eigenvalue weighted by Gasteiger charge is -2.37. The summed E-state index contributed by atoms with van der Waals surface area (Å²) in [5, 5.41) is 21.7. The smallest absolute Gasteiger partial charge is 0.177 e. The molecule has 4 rings (SSSR count). The van der Waals surface area contributed by atoms with Gasteiger partial charge in [0.05, 0.1) is 11.3 Å². The molecule has 0 spiro atoms. The molecular formula is C18H17N7O. The minimum atomic E-state index is 0.000759. The standard InChI is InChI=1S/C18H17N7O/c1-13(26)14-2-3-15(11-19)16(10-14)23-6-8-24(9-7-23)18-5-4-17-21-20-12-25(17)22-18/h2-5,10,12H,6-9H2,1H3. The third-order valence-electron chi connectivity index (χ3n) is 4.62. The summed E-state index contributed by atoms with van der Waals surface area (Å²) in [6.45, 7) is 4.58. The topological polar surface area (TPSA) is 90.4 Å². The Bertz CT molecular complexity index is 1010. The van der Waals surface area contributed by atoms with Crippen molar-refractivity contribution in [2.24, 2.45) is 0 Å². The highest BCUT2D eigenvalue weighted by Crippen LogP contribution is 2.24. The molecule has 0 N–H and O–H groups in total. The summed E-state index contributed by atoms with van der Waals surface area (Å²) in [5.41, 5.74) is 2.75. The number of carbonyl (C=O) groups is 1. The van der Waals surface area contributed by atoms with E-state index in [2.05, 4.69) is 31.2 Å². The van der Waals surface area contributed by atoms with Crippen LogP contribution in [0.25, 0.3) is 5.65 Å². The molecule has 1 saturated heterocycles. The number of benzene rings is 1. The van der Waals surface area contributed by atoms with Gasteiger partial charge in [0.1, 0.15) is 18.2 Å². The lowest BCUT2D eigenvalue weighted by Crippen LogP contribution is -2.47. The van der Waals surface area contributed by atoms with Crippen molar-refractivity contribution in [2.75, 3.05) is 36.0 Å². The summed E-state index contributed by atoms with van der Waals surface area (Å²) in [4.78, 5) is 16.0. The number of rotatable bonds is 3. The first-order chi connectivity index (χ1) is 12.7. The zero-order valence-electron chi connectivity index (χ0n) is 14.3. The summed E-state index contributed by atoms with van der Waals surface area (Å²) in [6.07, 6.45) is 1.58. The molecule has 0 radical (unpaired) electrons. The molecule has 8 nitrogen and oxygen atoms in total. The van der Waals surface area contributed by atoms with Gasteiger partial charge >= 0.3 is 0 Å². The van der Waals surface area contributed by atoms with Gasteiger partial charge in [0.2, 0.25) is 0 Å². The Morgan fingerprint density at radius 3 is 2.62 bits per heavy atom. The van der Waals surface area contributed by atoms with Gasteiger partial charge in [-0.15, -0.1) is 15.3 Å². The van der Waals surface area contributed by atoms with Crippen molar-refractivity contribution in [1.29, 1.82) is 5.26 Å². The van der Waals surface area contributed by atoms with Gasteiger partial charge in [-0.25, -0.2) is 0 Å². The van der Waals surface area contributed by atoms with E-state index in [0.29, 0.717) is 16.8 Å². The first-order valence-corrected chi connectivity index (χ1v) is 8.38. The van der Waals surface area contributed by atoms with E-state index in [1.807, 2.05) is 18.2 Å². The van der Waals surface area contributed by atoms with Crippen molar-refractivity contribution in [3.8, 4) is 6.07 Å². The van der Waals surface area contributed by atoms with Gasteiger partial charge in [-0.3, -0.25) is 4.79 Å². The number of nitriles is 1. The third-order valence-corrected chi connectivity index (χ3v) is 4.62. The molecule has 1 aliphatic rings. The van der Waals surface area contributed by atoms with E-state index in [1.54, 1.807) is 23.0 Å². The maximum Gasteiger partial charge on any atom is 0.177 e. The van der Waals surface area contributed by atoms with Crippen LogP contribution in [0.2, 0.25) is 0 Å². The molecule has 8 heteroatoms. The number of nitrogens with zero attached hydrogens (tertiary/aromatic N) is 7. The average Bonchev–Trinajstić information content (AvgIpc) is 3.15. The first kappa shape index (κ1) is 16.0. The van der Waals surface area contributed by atoms with Gasteiger partial charge in [0.25, 0.3) is 0 Å². The number of ketones is 1. The average molecular weight is 347 g/mol. The van der Waals surface area contributed by atoms with Crippen LogP contribution in [-0.2, 0) is 0 Å². The number of Topliss-reactive ketones (excluding diaryl/α,β-unsaturated/α-hetero) is 1. The fourth-order valence-corrected chi connectivity index (χ4v) is 3.17. The van der Waals surface area contributed by atoms with Crippen molar-refractivity contribution in [3.63, 3.8) is 0 Å². The number of hydrogen-bond donors (Lipinski definition) is 0. The molecule has 3 aromatic rings. The Morgan fingerprint density at radius 2 is 1.88 bits per heavy atom. The fourth-order valence-electron chi connectivity index (χ4n) is 3.17. The van der Waals surface area contributed by atoms with Gasteiger partial charge in [0, 0.05) is 31.7 Å². The van der Waals surface area contributed by atoms with Crippen LogP contribution in [0.1, 0.15) is 22.8 Å². The SMILES string of the molecule is CC(=O)c1ccc(C#N)c(N2CCN(c3ccc4nncn4n3)CC2)c1. The maximum absolute atomic E-state index is 11.7. The van der Waals surface area contributed by atoms with Crippen LogP contribution in [0, 0.1) is 11.3 Å². The van der Waals surface area contributed by atoms with E-state index < -0.39 is 0 Å². The number of anilines is 2. The highest BCUT2D eigenvalue weighted by molar-refractivity contribution is 5.95. The van der Waals surface area contributed by atoms with Gasteiger partial charge in [-0.2, -0.15) is 9.78 Å². The van der Waals surface area contributed by atoms with Crippen LogP contribution in [0.4, 0.5) is 11.5 Å². The van der Waals surface area contributed by atoms with Crippen LogP contribution in [0.5, 0.6) is 0 Å². The minimum absolute atomic E-state index is 0.000759. The van der Waals surface area contributed by atoms with Crippen LogP contribution in [-0.4, -0.2) is 51.8 Å². The fraction of sp³-hybridized carbons (Fsp3) is 0.278. The summed E-state index contributed by atoms with van der Waals surface area (Å²) in [5.74, 6) is 0.871. The molecule has 1 fully saturated rings. The van der Waals surface area contributed by atoms with Gasteiger partial charge < -0.3 is 9.80 Å². The van der Waals surface area contributed by atoms with Crippen molar-refractivity contribution in [3.05, 3.63) is 47.8 Å². The Labute approximate surface area is 150 Å². The Hall–Kier alpha value is -3.47. The van der Waals surface area contributed by atoms with Crippen LogP contribution in [0.15, 0.2) is 36.7 Å². The maximum atomic E-state index is 11.7. The van der Waals surface area contributed by atoms with E-state index in [-0.39, 0.29) is 5.78 Å². The van der Waals surface area contributed by atoms with Gasteiger partial charge in [0.15, 0.2) is 11.4 Å². The van der Waals surface area contributed by atoms with E-state index in [0.717, 1.165) is 37.7 Å². The third kappa shape index (κ3) is 2.84. The molecule has 0 bridgehead atoms. The summed E-state index contributed by atoms with van der Waals surface area (Å²) < 4.78 is 1.66. The molecule has 1 aliphatic heterocycles. The molecule has 0 atom stereocenters. The second kappa shape index (κ2) is 6.44. The van der Waals surface area contributed by atoms with Crippen LogP contribution in [0.3, 0.4) is 0 Å². The predicted molar refractivity (Wildman–Crippen MR) is 96.4 cm³/mol. The number of aromatic nitrogens is 4. The van der Waals surface area contributed by atoms with Crippen molar-refractivity contribution < 1.29 is 4.79 Å². The normalized spacial score (nSPS) is 14.5. The quantitative estimate of drug-likeness (QED) is 0.664. The molecule has 2 aromatic heterocycles. The van der Waals surface area contributed by atoms with Crippen molar-refractivity contribution in [2.45, 2.75) is 6.92 Å². The summed E-state index contributed by atoms with van der Waals surface area (Å²) >= 11 is 0. The molecule has 3 heterocycles. The van der Waals surface area contributed by atoms with Crippen molar-refractivity contribution >= 4 is 22.9 Å². The summed E-state index contributed by atoms with van der Waals surface area (Å²) in [7, 11) is 0. The monoisotopic (exact) mass is 347 g/mol. The van der Waals surface area contributed by atoms with Crippen LogP contribution < -0.4 is 9.80 Å². The number of carbonyl (C=O) groups excluding carboxylic acids is 1. The van der Waals surface area contributed by atoms with Gasteiger partial charge in [-0.1, -0.05) is 0 Å². The highest BCUT2D eigenvalue weighted by atomic mass is 16.1. The van der Waals surface area contributed by atoms with Crippen LogP contribution >= 0.6 is 0 Å². The zero-order chi connectivity index (χ0) is 18.1. The zero-order valence-corrected chi connectivity index (χ0v) is 14.3. The molecule has 0 aliphatic carbocycles. The summed E-state index contributed by atoms with van der Waals surface area (Å²) in [6, 6.07) is 11.3. The number of piperazine rings is 1. The molecule has 130 valence electrons.